The van der Waals surface area contributed by atoms with Crippen LogP contribution in [-0.2, 0) is 33.4 Å². The number of ether oxygens (including phenoxy) is 2. The molecular weight excluding hydrogens is 300 g/mol. The predicted octanol–water partition coefficient (Wildman–Crippen LogP) is 0.154. The van der Waals surface area contributed by atoms with E-state index in [2.05, 4.69) is 11.3 Å². The second-order valence-electron chi connectivity index (χ2n) is 6.04. The Hall–Kier alpha value is -1.41. The van der Waals surface area contributed by atoms with Crippen molar-refractivity contribution in [1.82, 2.24) is 0 Å². The van der Waals surface area contributed by atoms with Crippen LogP contribution in [0.3, 0.4) is 0 Å². The number of carbonyl (C=O) groups is 2. The van der Waals surface area contributed by atoms with Crippen molar-refractivity contribution in [2.45, 2.75) is 37.2 Å². The van der Waals surface area contributed by atoms with Crippen molar-refractivity contribution in [2.75, 3.05) is 6.61 Å². The third kappa shape index (κ3) is 2.17. The van der Waals surface area contributed by atoms with E-state index >= 15 is 0 Å². The van der Waals surface area contributed by atoms with Crippen LogP contribution in [-0.4, -0.2) is 44.4 Å². The van der Waals surface area contributed by atoms with E-state index in [1.54, 1.807) is 0 Å². The molecule has 7 nitrogen and oxygen atoms in total. The molecule has 1 saturated heterocycles. The van der Waals surface area contributed by atoms with E-state index in [1.807, 2.05) is 6.92 Å². The van der Waals surface area contributed by atoms with Gasteiger partial charge in [-0.05, 0) is 12.8 Å². The van der Waals surface area contributed by atoms with E-state index in [1.165, 1.54) is 0 Å². The summed E-state index contributed by atoms with van der Waals surface area (Å²) in [5, 5.41) is -0.485. The lowest BCUT2D eigenvalue weighted by molar-refractivity contribution is -0.168. The zero-order valence-corrected chi connectivity index (χ0v) is 12.3. The molecule has 5 atom stereocenters. The van der Waals surface area contributed by atoms with E-state index in [0.717, 1.165) is 6.08 Å². The van der Waals surface area contributed by atoms with Crippen LogP contribution >= 0.6 is 0 Å². The first kappa shape index (κ1) is 14.5. The van der Waals surface area contributed by atoms with Crippen LogP contribution in [0.2, 0.25) is 0 Å². The summed E-state index contributed by atoms with van der Waals surface area (Å²) in [7, 11) is -3.56. The molecule has 3 aliphatic rings. The van der Waals surface area contributed by atoms with Gasteiger partial charge in [-0.2, -0.15) is 8.42 Å². The third-order valence-corrected chi connectivity index (χ3v) is 6.38. The fourth-order valence-corrected chi connectivity index (χ4v) is 5.74. The maximum atomic E-state index is 11.9. The number of rotatable bonds is 4. The number of hydrogen-bond donors (Lipinski definition) is 0. The van der Waals surface area contributed by atoms with E-state index in [-0.39, 0.29) is 5.92 Å². The molecule has 0 aromatic rings. The summed E-state index contributed by atoms with van der Waals surface area (Å²) in [6, 6.07) is 0. The van der Waals surface area contributed by atoms with Crippen molar-refractivity contribution >= 4 is 22.1 Å². The second-order valence-corrected chi connectivity index (χ2v) is 7.82. The van der Waals surface area contributed by atoms with Gasteiger partial charge in [0.1, 0.15) is 12.2 Å². The standard InChI is InChI=1S/C13H16O7S/c1-3-9(14)18-6-10(15)19-12-11-7-4-13(12,2)5-8(7)21(16,17)20-11/h3,7-8,11-12H,1,4-6H2,2H3. The van der Waals surface area contributed by atoms with E-state index in [0.29, 0.717) is 12.8 Å². The molecule has 116 valence electrons. The Morgan fingerprint density at radius 3 is 2.81 bits per heavy atom. The molecule has 2 saturated carbocycles. The molecule has 5 unspecified atom stereocenters. The zero-order valence-electron chi connectivity index (χ0n) is 11.5. The Morgan fingerprint density at radius 2 is 2.14 bits per heavy atom. The van der Waals surface area contributed by atoms with Gasteiger partial charge in [-0.3, -0.25) is 4.18 Å². The van der Waals surface area contributed by atoms with Gasteiger partial charge in [0.15, 0.2) is 6.61 Å². The quantitative estimate of drug-likeness (QED) is 0.414. The van der Waals surface area contributed by atoms with Gasteiger partial charge in [0.25, 0.3) is 10.1 Å². The highest BCUT2D eigenvalue weighted by Crippen LogP contribution is 2.62. The minimum atomic E-state index is -3.56. The van der Waals surface area contributed by atoms with Crippen LogP contribution in [0.25, 0.3) is 0 Å². The van der Waals surface area contributed by atoms with Gasteiger partial charge in [0.2, 0.25) is 0 Å². The molecule has 0 N–H and O–H groups in total. The average Bonchev–Trinajstić information content (AvgIpc) is 2.95. The SMILES string of the molecule is C=CC(=O)OCC(=O)OC1C2OS(=O)(=O)C3CC1(C)CC23. The zero-order chi connectivity index (χ0) is 15.4. The Labute approximate surface area is 122 Å². The first-order valence-electron chi connectivity index (χ1n) is 6.68. The molecule has 21 heavy (non-hydrogen) atoms. The normalized spacial score (nSPS) is 41.8. The van der Waals surface area contributed by atoms with E-state index in [9.17, 15) is 18.0 Å². The highest BCUT2D eigenvalue weighted by atomic mass is 32.2. The third-order valence-electron chi connectivity index (χ3n) is 4.63. The van der Waals surface area contributed by atoms with Crippen molar-refractivity contribution in [3.05, 3.63) is 12.7 Å². The van der Waals surface area contributed by atoms with Crippen molar-refractivity contribution < 1.29 is 31.7 Å². The monoisotopic (exact) mass is 316 g/mol. The fraction of sp³-hybridized carbons (Fsp3) is 0.692. The smallest absolute Gasteiger partial charge is 0.344 e. The van der Waals surface area contributed by atoms with E-state index in [4.69, 9.17) is 8.92 Å². The summed E-state index contributed by atoms with van der Waals surface area (Å²) < 4.78 is 38.8. The highest BCUT2D eigenvalue weighted by Gasteiger charge is 2.70. The summed E-state index contributed by atoms with van der Waals surface area (Å²) in [6.45, 7) is 4.60. The summed E-state index contributed by atoms with van der Waals surface area (Å²) in [4.78, 5) is 22.6. The predicted molar refractivity (Wildman–Crippen MR) is 69.4 cm³/mol. The van der Waals surface area contributed by atoms with Gasteiger partial charge in [0.05, 0.1) is 5.25 Å². The lowest BCUT2D eigenvalue weighted by Crippen LogP contribution is -2.42. The van der Waals surface area contributed by atoms with Gasteiger partial charge < -0.3 is 9.47 Å². The van der Waals surface area contributed by atoms with Gasteiger partial charge in [-0.25, -0.2) is 9.59 Å². The Balaban J connectivity index is 1.69. The number of fused-ring (bicyclic) bond motifs is 1. The molecule has 8 heteroatoms. The minimum Gasteiger partial charge on any atom is -0.456 e. The van der Waals surface area contributed by atoms with Crippen LogP contribution < -0.4 is 0 Å². The molecule has 0 radical (unpaired) electrons. The summed E-state index contributed by atoms with van der Waals surface area (Å²) in [6.07, 6.45) is 0.805. The summed E-state index contributed by atoms with van der Waals surface area (Å²) >= 11 is 0. The Bertz CT molecular complexity index is 610. The topological polar surface area (TPSA) is 96.0 Å². The molecule has 0 spiro atoms. The first-order valence-corrected chi connectivity index (χ1v) is 8.15. The maximum Gasteiger partial charge on any atom is 0.344 e. The molecule has 3 rings (SSSR count). The van der Waals surface area contributed by atoms with Gasteiger partial charge in [-0.1, -0.05) is 13.5 Å². The minimum absolute atomic E-state index is 0.117. The van der Waals surface area contributed by atoms with Crippen LogP contribution in [0.15, 0.2) is 12.7 Å². The Kier molecular flexibility index (Phi) is 3.14. The molecule has 0 amide bonds. The average molecular weight is 316 g/mol. The van der Waals surface area contributed by atoms with Crippen molar-refractivity contribution in [3.63, 3.8) is 0 Å². The van der Waals surface area contributed by atoms with Crippen molar-refractivity contribution in [1.29, 1.82) is 0 Å². The number of esters is 2. The van der Waals surface area contributed by atoms with E-state index < -0.39 is 51.5 Å². The number of hydrogen-bond acceptors (Lipinski definition) is 7. The van der Waals surface area contributed by atoms with Gasteiger partial charge in [0, 0.05) is 17.4 Å². The summed E-state index contributed by atoms with van der Waals surface area (Å²) in [5.41, 5.74) is -0.401. The number of carbonyl (C=O) groups excluding carboxylic acids is 2. The lowest BCUT2D eigenvalue weighted by Gasteiger charge is -2.32. The molecule has 2 bridgehead atoms. The van der Waals surface area contributed by atoms with Crippen molar-refractivity contribution in [3.8, 4) is 0 Å². The Morgan fingerprint density at radius 1 is 1.43 bits per heavy atom. The van der Waals surface area contributed by atoms with Crippen molar-refractivity contribution in [2.24, 2.45) is 11.3 Å². The molecule has 3 fully saturated rings. The molecule has 1 heterocycles. The molecular formula is C13H16O7S. The largest absolute Gasteiger partial charge is 0.456 e. The summed E-state index contributed by atoms with van der Waals surface area (Å²) in [5.74, 6) is -1.55. The molecule has 0 aromatic carbocycles. The van der Waals surface area contributed by atoms with Crippen LogP contribution in [0.5, 0.6) is 0 Å². The lowest BCUT2D eigenvalue weighted by atomic mass is 9.82. The van der Waals surface area contributed by atoms with Crippen LogP contribution in [0.4, 0.5) is 0 Å². The molecule has 0 aromatic heterocycles. The first-order chi connectivity index (χ1) is 9.77. The maximum absolute atomic E-state index is 11.9. The fourth-order valence-electron chi connectivity index (χ4n) is 3.78. The van der Waals surface area contributed by atoms with Gasteiger partial charge >= 0.3 is 11.9 Å². The van der Waals surface area contributed by atoms with Crippen LogP contribution in [0, 0.1) is 11.3 Å². The molecule has 1 aliphatic heterocycles. The molecule has 2 aliphatic carbocycles. The highest BCUT2D eigenvalue weighted by molar-refractivity contribution is 7.87. The second kappa shape index (κ2) is 4.54. The van der Waals surface area contributed by atoms with Gasteiger partial charge in [-0.15, -0.1) is 0 Å². The van der Waals surface area contributed by atoms with Crippen LogP contribution in [0.1, 0.15) is 19.8 Å².